The van der Waals surface area contributed by atoms with Crippen LogP contribution in [0.3, 0.4) is 0 Å². The van der Waals surface area contributed by atoms with E-state index in [0.29, 0.717) is 5.69 Å². The van der Waals surface area contributed by atoms with E-state index < -0.39 is 10.0 Å². The molecule has 3 aromatic carbocycles. The molecule has 0 aliphatic carbocycles. The standard InChI is InChI=1S/C23H24N2O3S/c1-17-4-10-20(11-5-17)24-23(26)16-19-8-12-21(13-9-19)25(3)29(27,28)22-14-6-18(2)7-15-22/h4-15H,16H2,1-3H3,(H,24,26). The van der Waals surface area contributed by atoms with Crippen molar-refractivity contribution in [2.45, 2.75) is 25.2 Å². The molecule has 0 unspecified atom stereocenters. The number of benzene rings is 3. The number of sulfonamides is 1. The lowest BCUT2D eigenvalue weighted by Crippen LogP contribution is -2.26. The Balaban J connectivity index is 1.68. The summed E-state index contributed by atoms with van der Waals surface area (Å²) in [5.41, 5.74) is 4.22. The van der Waals surface area contributed by atoms with E-state index in [-0.39, 0.29) is 17.2 Å². The molecule has 6 heteroatoms. The minimum atomic E-state index is -3.63. The van der Waals surface area contributed by atoms with Crippen molar-refractivity contribution in [3.05, 3.63) is 89.5 Å². The number of carbonyl (C=O) groups is 1. The molecular weight excluding hydrogens is 384 g/mol. The topological polar surface area (TPSA) is 66.5 Å². The van der Waals surface area contributed by atoms with Crippen LogP contribution in [0.5, 0.6) is 0 Å². The van der Waals surface area contributed by atoms with Gasteiger partial charge in [0.1, 0.15) is 0 Å². The first-order valence-electron chi connectivity index (χ1n) is 9.27. The first-order valence-corrected chi connectivity index (χ1v) is 10.7. The molecule has 0 radical (unpaired) electrons. The quantitative estimate of drug-likeness (QED) is 0.661. The summed E-state index contributed by atoms with van der Waals surface area (Å²) in [6, 6.07) is 21.3. The molecule has 0 spiro atoms. The van der Waals surface area contributed by atoms with Crippen molar-refractivity contribution in [1.29, 1.82) is 0 Å². The molecule has 0 atom stereocenters. The zero-order chi connectivity index (χ0) is 21.0. The summed E-state index contributed by atoms with van der Waals surface area (Å²) in [6.45, 7) is 3.90. The van der Waals surface area contributed by atoms with E-state index in [1.165, 1.54) is 11.4 Å². The van der Waals surface area contributed by atoms with Gasteiger partial charge < -0.3 is 5.32 Å². The molecule has 1 N–H and O–H groups in total. The normalized spacial score (nSPS) is 11.1. The minimum Gasteiger partial charge on any atom is -0.326 e. The van der Waals surface area contributed by atoms with E-state index in [2.05, 4.69) is 5.32 Å². The van der Waals surface area contributed by atoms with Crippen LogP contribution in [0.4, 0.5) is 11.4 Å². The molecule has 0 fully saturated rings. The fourth-order valence-corrected chi connectivity index (χ4v) is 4.05. The molecular formula is C23H24N2O3S. The van der Waals surface area contributed by atoms with Gasteiger partial charge in [-0.1, -0.05) is 47.5 Å². The van der Waals surface area contributed by atoms with Crippen molar-refractivity contribution < 1.29 is 13.2 Å². The number of rotatable bonds is 6. The largest absolute Gasteiger partial charge is 0.326 e. The van der Waals surface area contributed by atoms with Crippen LogP contribution < -0.4 is 9.62 Å². The second-order valence-corrected chi connectivity index (χ2v) is 9.01. The lowest BCUT2D eigenvalue weighted by molar-refractivity contribution is -0.115. The molecule has 0 saturated carbocycles. The summed E-state index contributed by atoms with van der Waals surface area (Å²) in [6.07, 6.45) is 0.211. The third kappa shape index (κ3) is 5.03. The maximum absolute atomic E-state index is 12.8. The number of aryl methyl sites for hydroxylation is 2. The van der Waals surface area contributed by atoms with Crippen molar-refractivity contribution in [2.24, 2.45) is 0 Å². The van der Waals surface area contributed by atoms with Crippen LogP contribution in [-0.2, 0) is 21.2 Å². The van der Waals surface area contributed by atoms with Gasteiger partial charge in [-0.15, -0.1) is 0 Å². The Morgan fingerprint density at radius 2 is 1.34 bits per heavy atom. The van der Waals surface area contributed by atoms with Crippen LogP contribution >= 0.6 is 0 Å². The maximum Gasteiger partial charge on any atom is 0.264 e. The first kappa shape index (κ1) is 20.6. The molecule has 3 rings (SSSR count). The van der Waals surface area contributed by atoms with Crippen molar-refractivity contribution in [1.82, 2.24) is 0 Å². The average molecular weight is 409 g/mol. The molecule has 5 nitrogen and oxygen atoms in total. The molecule has 150 valence electrons. The van der Waals surface area contributed by atoms with Gasteiger partial charge in [-0.25, -0.2) is 8.42 Å². The number of carbonyl (C=O) groups excluding carboxylic acids is 1. The summed E-state index contributed by atoms with van der Waals surface area (Å²) in [4.78, 5) is 12.5. The van der Waals surface area contributed by atoms with Crippen LogP contribution in [0.25, 0.3) is 0 Å². The smallest absolute Gasteiger partial charge is 0.264 e. The predicted molar refractivity (Wildman–Crippen MR) is 117 cm³/mol. The number of nitrogens with one attached hydrogen (secondary N) is 1. The molecule has 3 aromatic rings. The maximum atomic E-state index is 12.8. The van der Waals surface area contributed by atoms with Gasteiger partial charge in [0.2, 0.25) is 5.91 Å². The molecule has 0 aromatic heterocycles. The highest BCUT2D eigenvalue weighted by atomic mass is 32.2. The third-order valence-corrected chi connectivity index (χ3v) is 6.48. The van der Waals surface area contributed by atoms with Crippen LogP contribution in [0.2, 0.25) is 0 Å². The van der Waals surface area contributed by atoms with E-state index >= 15 is 0 Å². The number of anilines is 2. The average Bonchev–Trinajstić information content (AvgIpc) is 2.70. The van der Waals surface area contributed by atoms with Gasteiger partial charge >= 0.3 is 0 Å². The molecule has 0 aliphatic rings. The first-order chi connectivity index (χ1) is 13.8. The lowest BCUT2D eigenvalue weighted by atomic mass is 10.1. The van der Waals surface area contributed by atoms with Crippen molar-refractivity contribution in [3.8, 4) is 0 Å². The van der Waals surface area contributed by atoms with Gasteiger partial charge in [0, 0.05) is 12.7 Å². The second kappa shape index (κ2) is 8.49. The van der Waals surface area contributed by atoms with Crippen LogP contribution in [0, 0.1) is 13.8 Å². The van der Waals surface area contributed by atoms with Crippen molar-refractivity contribution >= 4 is 27.3 Å². The zero-order valence-corrected chi connectivity index (χ0v) is 17.5. The zero-order valence-electron chi connectivity index (χ0n) is 16.7. The molecule has 29 heavy (non-hydrogen) atoms. The van der Waals surface area contributed by atoms with E-state index in [9.17, 15) is 13.2 Å². The van der Waals surface area contributed by atoms with Gasteiger partial charge in [-0.3, -0.25) is 9.10 Å². The Bertz CT molecular complexity index is 1090. The summed E-state index contributed by atoms with van der Waals surface area (Å²) in [5.74, 6) is -0.123. The molecule has 0 bridgehead atoms. The highest BCUT2D eigenvalue weighted by molar-refractivity contribution is 7.92. The molecule has 1 amide bonds. The van der Waals surface area contributed by atoms with E-state index in [1.807, 2.05) is 38.1 Å². The van der Waals surface area contributed by atoms with Gasteiger partial charge in [0.25, 0.3) is 10.0 Å². The summed E-state index contributed by atoms with van der Waals surface area (Å²) >= 11 is 0. The summed E-state index contributed by atoms with van der Waals surface area (Å²) in [7, 11) is -2.11. The van der Waals surface area contributed by atoms with Gasteiger partial charge in [0.15, 0.2) is 0 Å². The lowest BCUT2D eigenvalue weighted by Gasteiger charge is -2.20. The van der Waals surface area contributed by atoms with Crippen LogP contribution in [0.1, 0.15) is 16.7 Å². The van der Waals surface area contributed by atoms with Crippen molar-refractivity contribution in [2.75, 3.05) is 16.7 Å². The predicted octanol–water partition coefficient (Wildman–Crippen LogP) is 4.31. The number of hydrogen-bond acceptors (Lipinski definition) is 3. The Morgan fingerprint density at radius 1 is 0.828 bits per heavy atom. The summed E-state index contributed by atoms with van der Waals surface area (Å²) < 4.78 is 26.8. The van der Waals surface area contributed by atoms with Gasteiger partial charge in [-0.2, -0.15) is 0 Å². The fraction of sp³-hybridized carbons (Fsp3) is 0.174. The fourth-order valence-electron chi connectivity index (χ4n) is 2.86. The Morgan fingerprint density at radius 3 is 1.90 bits per heavy atom. The van der Waals surface area contributed by atoms with Gasteiger partial charge in [0.05, 0.1) is 17.0 Å². The highest BCUT2D eigenvalue weighted by Crippen LogP contribution is 2.23. The number of hydrogen-bond donors (Lipinski definition) is 1. The molecule has 0 heterocycles. The Kier molecular flexibility index (Phi) is 6.03. The molecule has 0 aliphatic heterocycles. The summed E-state index contributed by atoms with van der Waals surface area (Å²) in [5, 5.41) is 2.86. The van der Waals surface area contributed by atoms with Gasteiger partial charge in [-0.05, 0) is 55.8 Å². The number of amides is 1. The number of nitrogens with zero attached hydrogens (tertiary/aromatic N) is 1. The SMILES string of the molecule is Cc1ccc(NC(=O)Cc2ccc(N(C)S(=O)(=O)c3ccc(C)cc3)cc2)cc1. The van der Waals surface area contributed by atoms with Crippen LogP contribution in [0.15, 0.2) is 77.7 Å². The molecule has 0 saturated heterocycles. The Hall–Kier alpha value is -3.12. The minimum absolute atomic E-state index is 0.123. The monoisotopic (exact) mass is 408 g/mol. The third-order valence-electron chi connectivity index (χ3n) is 4.68. The van der Waals surface area contributed by atoms with Crippen molar-refractivity contribution in [3.63, 3.8) is 0 Å². The van der Waals surface area contributed by atoms with E-state index in [0.717, 1.165) is 22.4 Å². The highest BCUT2D eigenvalue weighted by Gasteiger charge is 2.21. The van der Waals surface area contributed by atoms with E-state index in [1.54, 1.807) is 48.5 Å². The Labute approximate surface area is 172 Å². The van der Waals surface area contributed by atoms with Crippen LogP contribution in [-0.4, -0.2) is 21.4 Å². The van der Waals surface area contributed by atoms with E-state index in [4.69, 9.17) is 0 Å². The second-order valence-electron chi connectivity index (χ2n) is 7.04.